The van der Waals surface area contributed by atoms with Crippen LogP contribution < -0.4 is 15.2 Å². The Bertz CT molecular complexity index is 913. The van der Waals surface area contributed by atoms with Crippen molar-refractivity contribution < 1.29 is 17.9 Å². The first-order valence-electron chi connectivity index (χ1n) is 8.17. The van der Waals surface area contributed by atoms with Crippen LogP contribution in [0.4, 0.5) is 0 Å². The Labute approximate surface area is 157 Å². The first-order valence-corrected chi connectivity index (χ1v) is 10.0. The summed E-state index contributed by atoms with van der Waals surface area (Å²) in [6, 6.07) is 11.1. The van der Waals surface area contributed by atoms with E-state index >= 15 is 0 Å². The van der Waals surface area contributed by atoms with Crippen molar-refractivity contribution in [2.24, 2.45) is 5.73 Å². The zero-order chi connectivity index (χ0) is 18.7. The molecule has 26 heavy (non-hydrogen) atoms. The Kier molecular flexibility index (Phi) is 5.50. The summed E-state index contributed by atoms with van der Waals surface area (Å²) in [7, 11) is -3.68. The SMILES string of the molecule is NC(=O)COc1cccc2c1CCCC2NS(=O)(=O)c1ccc(Cl)cc1. The lowest BCUT2D eigenvalue weighted by molar-refractivity contribution is -0.119. The monoisotopic (exact) mass is 394 g/mol. The molecule has 0 bridgehead atoms. The predicted molar refractivity (Wildman–Crippen MR) is 98.6 cm³/mol. The minimum Gasteiger partial charge on any atom is -0.483 e. The molecule has 0 saturated carbocycles. The van der Waals surface area contributed by atoms with Crippen LogP contribution in [0.25, 0.3) is 0 Å². The molecule has 1 aliphatic carbocycles. The maximum atomic E-state index is 12.7. The van der Waals surface area contributed by atoms with Gasteiger partial charge in [0.2, 0.25) is 10.0 Å². The third kappa shape index (κ3) is 4.17. The molecule has 8 heteroatoms. The molecule has 2 aromatic carbocycles. The van der Waals surface area contributed by atoms with E-state index in [4.69, 9.17) is 22.1 Å². The van der Waals surface area contributed by atoms with Crippen molar-refractivity contribution in [1.82, 2.24) is 4.72 Å². The Morgan fingerprint density at radius 1 is 1.23 bits per heavy atom. The van der Waals surface area contributed by atoms with Crippen LogP contribution in [0.2, 0.25) is 5.02 Å². The van der Waals surface area contributed by atoms with Crippen LogP contribution in [0.5, 0.6) is 5.75 Å². The Morgan fingerprint density at radius 3 is 2.65 bits per heavy atom. The number of nitrogens with two attached hydrogens (primary N) is 1. The number of rotatable bonds is 6. The van der Waals surface area contributed by atoms with E-state index < -0.39 is 15.9 Å². The Balaban J connectivity index is 1.86. The van der Waals surface area contributed by atoms with Crippen molar-refractivity contribution in [2.45, 2.75) is 30.2 Å². The summed E-state index contributed by atoms with van der Waals surface area (Å²) < 4.78 is 33.6. The number of sulfonamides is 1. The van der Waals surface area contributed by atoms with Crippen LogP contribution in [-0.4, -0.2) is 20.9 Å². The number of amides is 1. The molecule has 0 saturated heterocycles. The first kappa shape index (κ1) is 18.7. The molecule has 0 spiro atoms. The highest BCUT2D eigenvalue weighted by Gasteiger charge is 2.27. The van der Waals surface area contributed by atoms with E-state index in [1.165, 1.54) is 12.1 Å². The molecule has 1 unspecified atom stereocenters. The zero-order valence-corrected chi connectivity index (χ0v) is 15.5. The molecule has 0 heterocycles. The van der Waals surface area contributed by atoms with Crippen LogP contribution in [0.15, 0.2) is 47.4 Å². The molecule has 3 rings (SSSR count). The minimum atomic E-state index is -3.68. The number of carbonyl (C=O) groups is 1. The number of hydrogen-bond donors (Lipinski definition) is 2. The van der Waals surface area contributed by atoms with Gasteiger partial charge in [-0.1, -0.05) is 23.7 Å². The molecule has 1 amide bonds. The molecule has 1 atom stereocenters. The van der Waals surface area contributed by atoms with Crippen LogP contribution >= 0.6 is 11.6 Å². The van der Waals surface area contributed by atoms with E-state index in [1.807, 2.05) is 6.07 Å². The highest BCUT2D eigenvalue weighted by atomic mass is 35.5. The number of hydrogen-bond acceptors (Lipinski definition) is 4. The fraction of sp³-hybridized carbons (Fsp3) is 0.278. The van der Waals surface area contributed by atoms with Gasteiger partial charge >= 0.3 is 0 Å². The van der Waals surface area contributed by atoms with Crippen molar-refractivity contribution in [3.63, 3.8) is 0 Å². The van der Waals surface area contributed by atoms with E-state index in [0.29, 0.717) is 17.2 Å². The normalized spacial score (nSPS) is 16.7. The van der Waals surface area contributed by atoms with Gasteiger partial charge < -0.3 is 10.5 Å². The largest absolute Gasteiger partial charge is 0.483 e. The Hall–Kier alpha value is -2.09. The summed E-state index contributed by atoms with van der Waals surface area (Å²) in [6.45, 7) is -0.211. The number of halogens is 1. The number of fused-ring (bicyclic) bond motifs is 1. The van der Waals surface area contributed by atoms with Gasteiger partial charge in [0.1, 0.15) is 5.75 Å². The van der Waals surface area contributed by atoms with Gasteiger partial charge in [-0.25, -0.2) is 13.1 Å². The van der Waals surface area contributed by atoms with Crippen LogP contribution in [0.1, 0.15) is 30.0 Å². The fourth-order valence-corrected chi connectivity index (χ4v) is 4.47. The van der Waals surface area contributed by atoms with Crippen molar-refractivity contribution >= 4 is 27.5 Å². The van der Waals surface area contributed by atoms with E-state index in [2.05, 4.69) is 4.72 Å². The van der Waals surface area contributed by atoms with Gasteiger partial charge in [-0.15, -0.1) is 0 Å². The number of primary amides is 1. The summed E-state index contributed by atoms with van der Waals surface area (Å²) in [6.07, 6.45) is 2.24. The van der Waals surface area contributed by atoms with Crippen LogP contribution in [0, 0.1) is 0 Å². The highest BCUT2D eigenvalue weighted by Crippen LogP contribution is 2.36. The average molecular weight is 395 g/mol. The molecule has 3 N–H and O–H groups in total. The summed E-state index contributed by atoms with van der Waals surface area (Å²) in [5.74, 6) is 0.00935. The van der Waals surface area contributed by atoms with Crippen LogP contribution in [0.3, 0.4) is 0 Å². The number of ether oxygens (including phenoxy) is 1. The maximum absolute atomic E-state index is 12.7. The molecule has 0 aromatic heterocycles. The second-order valence-electron chi connectivity index (χ2n) is 6.10. The van der Waals surface area contributed by atoms with Gasteiger partial charge in [-0.2, -0.15) is 0 Å². The lowest BCUT2D eigenvalue weighted by Crippen LogP contribution is -2.31. The summed E-state index contributed by atoms with van der Waals surface area (Å²) in [5, 5.41) is 0.475. The van der Waals surface area contributed by atoms with Crippen molar-refractivity contribution in [1.29, 1.82) is 0 Å². The van der Waals surface area contributed by atoms with E-state index in [1.54, 1.807) is 24.3 Å². The predicted octanol–water partition coefficient (Wildman–Crippen LogP) is 2.56. The van der Waals surface area contributed by atoms with E-state index in [9.17, 15) is 13.2 Å². The quantitative estimate of drug-likeness (QED) is 0.786. The molecule has 6 nitrogen and oxygen atoms in total. The molecule has 0 radical (unpaired) electrons. The molecule has 0 fully saturated rings. The summed E-state index contributed by atoms with van der Waals surface area (Å²) >= 11 is 5.83. The molecule has 1 aliphatic rings. The molecular weight excluding hydrogens is 376 g/mol. The third-order valence-electron chi connectivity index (χ3n) is 4.26. The van der Waals surface area contributed by atoms with Gasteiger partial charge in [0, 0.05) is 11.1 Å². The number of nitrogens with one attached hydrogen (secondary N) is 1. The third-order valence-corrected chi connectivity index (χ3v) is 6.00. The first-order chi connectivity index (χ1) is 12.4. The van der Waals surface area contributed by atoms with Gasteiger partial charge in [-0.3, -0.25) is 4.79 Å². The van der Waals surface area contributed by atoms with E-state index in [-0.39, 0.29) is 17.5 Å². The second-order valence-corrected chi connectivity index (χ2v) is 8.25. The molecule has 2 aromatic rings. The van der Waals surface area contributed by atoms with Crippen molar-refractivity contribution in [3.05, 3.63) is 58.6 Å². The van der Waals surface area contributed by atoms with Gasteiger partial charge in [0.25, 0.3) is 5.91 Å². The lowest BCUT2D eigenvalue weighted by atomic mass is 9.87. The summed E-state index contributed by atoms with van der Waals surface area (Å²) in [5.41, 5.74) is 6.90. The standard InChI is InChI=1S/C18H19ClN2O4S/c19-12-7-9-13(10-8-12)26(23,24)21-16-5-1-4-15-14(16)3-2-6-17(15)25-11-18(20)22/h2-3,6-10,16,21H,1,4-5,11H2,(H2,20,22). The topological polar surface area (TPSA) is 98.5 Å². The summed E-state index contributed by atoms with van der Waals surface area (Å²) in [4.78, 5) is 11.1. The smallest absolute Gasteiger partial charge is 0.255 e. The molecule has 138 valence electrons. The molecule has 0 aliphatic heterocycles. The second kappa shape index (κ2) is 7.65. The van der Waals surface area contributed by atoms with Crippen LogP contribution in [-0.2, 0) is 21.2 Å². The number of carbonyl (C=O) groups excluding carboxylic acids is 1. The minimum absolute atomic E-state index is 0.162. The fourth-order valence-electron chi connectivity index (χ4n) is 3.09. The zero-order valence-electron chi connectivity index (χ0n) is 13.9. The van der Waals surface area contributed by atoms with E-state index in [0.717, 1.165) is 24.0 Å². The average Bonchev–Trinajstić information content (AvgIpc) is 2.60. The van der Waals surface area contributed by atoms with Gasteiger partial charge in [0.15, 0.2) is 6.61 Å². The van der Waals surface area contributed by atoms with Crippen molar-refractivity contribution in [3.8, 4) is 5.75 Å². The Morgan fingerprint density at radius 2 is 1.96 bits per heavy atom. The van der Waals surface area contributed by atoms with Crippen molar-refractivity contribution in [2.75, 3.05) is 6.61 Å². The molecular formula is C18H19ClN2O4S. The van der Waals surface area contributed by atoms with Gasteiger partial charge in [-0.05, 0) is 60.7 Å². The highest BCUT2D eigenvalue weighted by molar-refractivity contribution is 7.89. The maximum Gasteiger partial charge on any atom is 0.255 e. The number of benzene rings is 2. The lowest BCUT2D eigenvalue weighted by Gasteiger charge is -2.27. The van der Waals surface area contributed by atoms with Gasteiger partial charge in [0.05, 0.1) is 4.90 Å².